The van der Waals surface area contributed by atoms with E-state index in [2.05, 4.69) is 4.98 Å². The molecule has 2 aromatic carbocycles. The van der Waals surface area contributed by atoms with E-state index in [1.165, 1.54) is 47.4 Å². The first-order valence-electron chi connectivity index (χ1n) is 15.3. The number of benzene rings is 2. The van der Waals surface area contributed by atoms with Gasteiger partial charge in [-0.25, -0.2) is 28.5 Å². The lowest BCUT2D eigenvalue weighted by Gasteiger charge is -2.39. The molecule has 2 aliphatic carbocycles. The van der Waals surface area contributed by atoms with E-state index in [4.69, 9.17) is 14.2 Å². The van der Waals surface area contributed by atoms with Crippen LogP contribution < -0.4 is 31.1 Å². The fourth-order valence-electron chi connectivity index (χ4n) is 7.05. The van der Waals surface area contributed by atoms with Gasteiger partial charge in [0.1, 0.15) is 17.2 Å². The van der Waals surface area contributed by atoms with E-state index in [0.29, 0.717) is 39.4 Å². The number of carbonyl (C=O) groups is 2. The number of Topliss-reactive ketones (excluding diaryl/α,β-unsaturated/α-hetero) is 1. The number of nitrogens with zero attached hydrogens (tertiary/aromatic N) is 5. The second-order valence-electron chi connectivity index (χ2n) is 11.9. The number of ether oxygens (including phenoxy) is 3. The smallest absolute Gasteiger partial charge is 0.347 e. The van der Waals surface area contributed by atoms with Gasteiger partial charge in [-0.2, -0.15) is 0 Å². The Kier molecular flexibility index (Phi) is 7.96. The molecule has 1 N–H and O–H groups in total. The van der Waals surface area contributed by atoms with Crippen molar-refractivity contribution in [3.63, 3.8) is 0 Å². The number of aromatic hydroxyl groups is 1. The van der Waals surface area contributed by atoms with Gasteiger partial charge in [0.15, 0.2) is 23.1 Å². The van der Waals surface area contributed by atoms with E-state index in [9.17, 15) is 29.1 Å². The second-order valence-corrected chi connectivity index (χ2v) is 13.0. The van der Waals surface area contributed by atoms with Crippen molar-refractivity contribution >= 4 is 45.2 Å². The first-order valence-corrected chi connectivity index (χ1v) is 16.4. The molecule has 4 aromatic rings. The zero-order valence-corrected chi connectivity index (χ0v) is 29.0. The molecular weight excluding hydrogens is 749 g/mol. The van der Waals surface area contributed by atoms with Gasteiger partial charge in [-0.1, -0.05) is 12.1 Å². The monoisotopic (exact) mass is 779 g/mol. The Labute approximate surface area is 291 Å². The lowest BCUT2D eigenvalue weighted by molar-refractivity contribution is -0.115. The summed E-state index contributed by atoms with van der Waals surface area (Å²) in [5, 5.41) is 11.1. The highest BCUT2D eigenvalue weighted by Crippen LogP contribution is 2.52. The first kappa shape index (κ1) is 32.4. The van der Waals surface area contributed by atoms with Crippen molar-refractivity contribution in [2.24, 2.45) is 7.05 Å². The van der Waals surface area contributed by atoms with Crippen LogP contribution >= 0.6 is 22.6 Å². The average molecular weight is 780 g/mol. The van der Waals surface area contributed by atoms with E-state index in [1.54, 1.807) is 37.4 Å². The highest BCUT2D eigenvalue weighted by molar-refractivity contribution is 14.1. The van der Waals surface area contributed by atoms with E-state index < -0.39 is 28.9 Å². The molecule has 0 radical (unpaired) electrons. The molecule has 7 rings (SSSR count). The maximum Gasteiger partial charge on any atom is 0.347 e. The Balaban J connectivity index is 1.30. The molecule has 3 heterocycles. The number of hydrogen-bond acceptors (Lipinski definition) is 10. The van der Waals surface area contributed by atoms with Crippen LogP contribution in [0.3, 0.4) is 0 Å². The number of fused-ring (bicyclic) bond motifs is 4. The zero-order chi connectivity index (χ0) is 34.9. The number of aromatic nitrogens is 5. The summed E-state index contributed by atoms with van der Waals surface area (Å²) in [5.74, 6) is -0.423. The minimum Gasteiger partial charge on any atom is -0.507 e. The van der Waals surface area contributed by atoms with Crippen LogP contribution in [0.15, 0.2) is 77.2 Å². The first-order chi connectivity index (χ1) is 23.5. The summed E-state index contributed by atoms with van der Waals surface area (Å²) in [5.41, 5.74) is 0.977. The Morgan fingerprint density at radius 2 is 1.71 bits per heavy atom. The number of ketones is 2. The fourth-order valence-corrected chi connectivity index (χ4v) is 7.62. The number of methoxy groups -OCH3 is 3. The quantitative estimate of drug-likeness (QED) is 0.167. The molecule has 0 amide bonds. The molecule has 2 atom stereocenters. The molecule has 15 heteroatoms. The molecule has 252 valence electrons. The minimum absolute atomic E-state index is 0.000997. The molecule has 0 saturated heterocycles. The standard InChI is InChI=1S/C34H30IN5O9/c1-37-24-15-28(49-4)27(48-3)14-22(24)36-21(32(37)44)8-9-38-33(45)39-10-7-17-23(40(39)34(38)46)12-19-26(42)13-20(35)31(43)30(19)29(17)18-6-5-16(47-2)11-25(18)41/h5-7,11,13-15,23,29,41H,8-10,12H2,1-4H3/t23-,29-/m1/s1. The fraction of sp³-hybridized carbons (Fsp3) is 0.294. The van der Waals surface area contributed by atoms with Crippen LogP contribution in [-0.2, 0) is 36.1 Å². The van der Waals surface area contributed by atoms with Crippen LogP contribution in [0.4, 0.5) is 0 Å². The van der Waals surface area contributed by atoms with Gasteiger partial charge in [0.05, 0.1) is 48.5 Å². The van der Waals surface area contributed by atoms with Gasteiger partial charge in [-0.05, 0) is 34.2 Å². The van der Waals surface area contributed by atoms with Gasteiger partial charge in [0.25, 0.3) is 5.56 Å². The number of halogens is 1. The van der Waals surface area contributed by atoms with Crippen LogP contribution in [0, 0.1) is 0 Å². The molecule has 0 fully saturated rings. The van der Waals surface area contributed by atoms with Crippen molar-refractivity contribution in [3.8, 4) is 23.0 Å². The van der Waals surface area contributed by atoms with Crippen molar-refractivity contribution in [1.29, 1.82) is 0 Å². The molecule has 0 bridgehead atoms. The SMILES string of the molecule is COc1ccc([C@H]2C3=CCn4c(=O)n(CCc5nc6cc(OC)c(OC)cc6n(C)c5=O)c(=O)n4[C@@H]3CC3=C2C(=O)C(I)=CC3=O)c(O)c1. The number of carbonyl (C=O) groups excluding carboxylic acids is 2. The number of aryl methyl sites for hydroxylation is 2. The van der Waals surface area contributed by atoms with Crippen molar-refractivity contribution in [2.45, 2.75) is 37.9 Å². The number of rotatable bonds is 7. The maximum atomic E-state index is 14.1. The molecule has 2 aromatic heterocycles. The topological polar surface area (TPSA) is 166 Å². The van der Waals surface area contributed by atoms with Gasteiger partial charge in [-0.3, -0.25) is 14.4 Å². The summed E-state index contributed by atoms with van der Waals surface area (Å²) in [6, 6.07) is 7.22. The maximum absolute atomic E-state index is 14.1. The molecular formula is C34H30IN5O9. The highest BCUT2D eigenvalue weighted by atomic mass is 127. The van der Waals surface area contributed by atoms with Gasteiger partial charge in [0.2, 0.25) is 0 Å². The molecule has 0 unspecified atom stereocenters. The number of allylic oxidation sites excluding steroid dienone is 6. The summed E-state index contributed by atoms with van der Waals surface area (Å²) < 4.78 is 21.4. The molecule has 0 spiro atoms. The van der Waals surface area contributed by atoms with Crippen molar-refractivity contribution in [3.05, 3.63) is 105 Å². The summed E-state index contributed by atoms with van der Waals surface area (Å²) in [6.07, 6.45) is 3.03. The van der Waals surface area contributed by atoms with Gasteiger partial charge >= 0.3 is 11.4 Å². The number of hydrogen-bond donors (Lipinski definition) is 1. The highest BCUT2D eigenvalue weighted by Gasteiger charge is 2.45. The van der Waals surface area contributed by atoms with Crippen molar-refractivity contribution in [1.82, 2.24) is 23.5 Å². The third-order valence-corrected chi connectivity index (χ3v) is 10.3. The summed E-state index contributed by atoms with van der Waals surface area (Å²) in [7, 11) is 6.05. The van der Waals surface area contributed by atoms with Gasteiger partial charge in [-0.15, -0.1) is 0 Å². The van der Waals surface area contributed by atoms with Crippen molar-refractivity contribution < 1.29 is 28.9 Å². The van der Waals surface area contributed by atoms with Crippen LogP contribution in [0.5, 0.6) is 23.0 Å². The Morgan fingerprint density at radius 3 is 2.41 bits per heavy atom. The van der Waals surface area contributed by atoms with E-state index >= 15 is 0 Å². The Morgan fingerprint density at radius 1 is 0.980 bits per heavy atom. The number of phenolic OH excluding ortho intramolecular Hbond substituents is 1. The Hall–Kier alpha value is -5.19. The summed E-state index contributed by atoms with van der Waals surface area (Å²) in [6.45, 7) is -0.127. The van der Waals surface area contributed by atoms with E-state index in [-0.39, 0.29) is 63.7 Å². The third-order valence-electron chi connectivity index (χ3n) is 9.45. The van der Waals surface area contributed by atoms with Gasteiger partial charge < -0.3 is 23.9 Å². The largest absolute Gasteiger partial charge is 0.507 e. The normalized spacial score (nSPS) is 18.5. The predicted octanol–water partition coefficient (Wildman–Crippen LogP) is 2.47. The Bertz CT molecular complexity index is 2410. The minimum atomic E-state index is -0.853. The molecule has 49 heavy (non-hydrogen) atoms. The van der Waals surface area contributed by atoms with E-state index in [0.717, 1.165) is 4.57 Å². The molecule has 1 aliphatic heterocycles. The average Bonchev–Trinajstić information content (AvgIpc) is 3.35. The molecule has 3 aliphatic rings. The van der Waals surface area contributed by atoms with Crippen LogP contribution in [0.2, 0.25) is 0 Å². The predicted molar refractivity (Wildman–Crippen MR) is 185 cm³/mol. The number of phenols is 1. The lowest BCUT2D eigenvalue weighted by atomic mass is 9.68. The molecule has 14 nitrogen and oxygen atoms in total. The zero-order valence-electron chi connectivity index (χ0n) is 26.9. The van der Waals surface area contributed by atoms with E-state index in [1.807, 2.05) is 22.6 Å². The van der Waals surface area contributed by atoms with Crippen LogP contribution in [0.1, 0.15) is 29.6 Å². The summed E-state index contributed by atoms with van der Waals surface area (Å²) >= 11 is 1.84. The molecule has 0 saturated carbocycles. The summed E-state index contributed by atoms with van der Waals surface area (Å²) in [4.78, 5) is 72.6. The van der Waals surface area contributed by atoms with Crippen molar-refractivity contribution in [2.75, 3.05) is 21.3 Å². The third kappa shape index (κ3) is 4.97. The lowest BCUT2D eigenvalue weighted by Crippen LogP contribution is -2.40. The van der Waals surface area contributed by atoms with Crippen LogP contribution in [0.25, 0.3) is 11.0 Å². The second kappa shape index (κ2) is 12.0. The van der Waals surface area contributed by atoms with Crippen LogP contribution in [-0.4, -0.2) is 61.5 Å². The van der Waals surface area contributed by atoms with Gasteiger partial charge in [0, 0.05) is 73.3 Å².